The van der Waals surface area contributed by atoms with Crippen LogP contribution in [0.5, 0.6) is 6.01 Å². The van der Waals surface area contributed by atoms with Crippen molar-refractivity contribution in [3.8, 4) is 6.01 Å². The summed E-state index contributed by atoms with van der Waals surface area (Å²) in [4.78, 5) is 8.16. The minimum atomic E-state index is 0.0518. The van der Waals surface area contributed by atoms with Crippen molar-refractivity contribution in [1.29, 1.82) is 0 Å². The number of anilines is 1. The summed E-state index contributed by atoms with van der Waals surface area (Å²) in [5.74, 6) is 0.608. The normalized spacial score (nSPS) is 25.4. The van der Waals surface area contributed by atoms with E-state index in [1.54, 1.807) is 7.11 Å². The third kappa shape index (κ3) is 2.24. The fraction of sp³-hybridized carbons (Fsp3) is 0.667. The van der Waals surface area contributed by atoms with Crippen LogP contribution in [0.2, 0.25) is 5.02 Å². The van der Waals surface area contributed by atoms with Crippen molar-refractivity contribution < 1.29 is 9.47 Å². The smallest absolute Gasteiger partial charge is 0.318 e. The molecule has 1 fully saturated rings. The summed E-state index contributed by atoms with van der Waals surface area (Å²) in [6, 6.07) is 0.585. The maximum absolute atomic E-state index is 6.07. The van der Waals surface area contributed by atoms with E-state index in [-0.39, 0.29) is 17.6 Å². The monoisotopic (exact) mass is 271 g/mol. The minimum Gasteiger partial charge on any atom is -0.467 e. The summed E-state index contributed by atoms with van der Waals surface area (Å²) in [5.41, 5.74) is 0.0518. The van der Waals surface area contributed by atoms with Gasteiger partial charge in [0.15, 0.2) is 5.82 Å². The number of halogens is 1. The third-order valence-electron chi connectivity index (χ3n) is 3.68. The molecule has 18 heavy (non-hydrogen) atoms. The molecule has 2 unspecified atom stereocenters. The van der Waals surface area contributed by atoms with Crippen LogP contribution in [-0.2, 0) is 4.74 Å². The summed E-state index contributed by atoms with van der Waals surface area (Å²) >= 11 is 6.07. The predicted molar refractivity (Wildman–Crippen MR) is 70.2 cm³/mol. The molecule has 1 aromatic rings. The van der Waals surface area contributed by atoms with E-state index in [1.807, 2.05) is 0 Å². The molecule has 1 N–H and O–H groups in total. The highest BCUT2D eigenvalue weighted by atomic mass is 35.5. The van der Waals surface area contributed by atoms with Crippen molar-refractivity contribution in [2.45, 2.75) is 32.4 Å². The van der Waals surface area contributed by atoms with Crippen molar-refractivity contribution in [1.82, 2.24) is 9.97 Å². The van der Waals surface area contributed by atoms with Gasteiger partial charge < -0.3 is 14.8 Å². The molecule has 2 rings (SSSR count). The number of hydrogen-bond acceptors (Lipinski definition) is 5. The zero-order chi connectivity index (χ0) is 13.3. The van der Waals surface area contributed by atoms with Crippen LogP contribution < -0.4 is 10.1 Å². The van der Waals surface area contributed by atoms with E-state index in [9.17, 15) is 0 Å². The van der Waals surface area contributed by atoms with Crippen molar-refractivity contribution in [3.63, 3.8) is 0 Å². The van der Waals surface area contributed by atoms with E-state index in [2.05, 4.69) is 29.1 Å². The topological polar surface area (TPSA) is 56.3 Å². The van der Waals surface area contributed by atoms with Crippen LogP contribution in [-0.4, -0.2) is 36.3 Å². The van der Waals surface area contributed by atoms with Crippen LogP contribution in [0, 0.1) is 5.41 Å². The number of aromatic nitrogens is 2. The molecular weight excluding hydrogens is 254 g/mol. The molecule has 0 bridgehead atoms. The maximum atomic E-state index is 6.07. The molecule has 0 amide bonds. The molecule has 1 aromatic heterocycles. The highest BCUT2D eigenvalue weighted by Crippen LogP contribution is 2.44. The highest BCUT2D eigenvalue weighted by Gasteiger charge is 2.48. The lowest BCUT2D eigenvalue weighted by atomic mass is 9.64. The van der Waals surface area contributed by atoms with Gasteiger partial charge in [-0.25, -0.2) is 4.98 Å². The third-order valence-corrected chi connectivity index (χ3v) is 3.95. The average molecular weight is 272 g/mol. The quantitative estimate of drug-likeness (QED) is 0.911. The van der Waals surface area contributed by atoms with Gasteiger partial charge in [-0.2, -0.15) is 4.98 Å². The fourth-order valence-electron chi connectivity index (χ4n) is 2.25. The van der Waals surface area contributed by atoms with Gasteiger partial charge in [-0.05, 0) is 6.42 Å². The Morgan fingerprint density at radius 1 is 1.44 bits per heavy atom. The van der Waals surface area contributed by atoms with Gasteiger partial charge in [0.2, 0.25) is 0 Å². The molecular formula is C12H18ClN3O2. The molecule has 0 radical (unpaired) electrons. The molecule has 0 saturated heterocycles. The Hall–Kier alpha value is -1.07. The summed E-state index contributed by atoms with van der Waals surface area (Å²) in [5, 5.41) is 3.83. The van der Waals surface area contributed by atoms with Gasteiger partial charge in [0.25, 0.3) is 0 Å². The fourth-order valence-corrected chi connectivity index (χ4v) is 2.39. The van der Waals surface area contributed by atoms with Gasteiger partial charge in [-0.3, -0.25) is 0 Å². The minimum absolute atomic E-state index is 0.0518. The van der Waals surface area contributed by atoms with E-state index in [0.717, 1.165) is 6.42 Å². The summed E-state index contributed by atoms with van der Waals surface area (Å²) < 4.78 is 10.4. The zero-order valence-electron chi connectivity index (χ0n) is 11.0. The Labute approximate surface area is 112 Å². The Balaban J connectivity index is 2.11. The lowest BCUT2D eigenvalue weighted by Gasteiger charge is -2.51. The van der Waals surface area contributed by atoms with Gasteiger partial charge >= 0.3 is 6.01 Å². The van der Waals surface area contributed by atoms with Crippen LogP contribution in [0.4, 0.5) is 5.82 Å². The molecule has 0 spiro atoms. The molecule has 0 aliphatic heterocycles. The molecule has 100 valence electrons. The second-order valence-corrected chi connectivity index (χ2v) is 5.44. The first-order valence-corrected chi connectivity index (χ1v) is 6.22. The molecule has 1 saturated carbocycles. The summed E-state index contributed by atoms with van der Waals surface area (Å²) in [7, 11) is 3.27. The Morgan fingerprint density at radius 2 is 2.17 bits per heavy atom. The second kappa shape index (κ2) is 4.90. The van der Waals surface area contributed by atoms with Gasteiger partial charge in [0, 0.05) is 18.6 Å². The van der Waals surface area contributed by atoms with Gasteiger partial charge in [-0.15, -0.1) is 0 Å². The molecule has 2 atom stereocenters. The van der Waals surface area contributed by atoms with Gasteiger partial charge in [0.1, 0.15) is 5.02 Å². The lowest BCUT2D eigenvalue weighted by Crippen LogP contribution is -2.57. The predicted octanol–water partition coefficient (Wildman–Crippen LogP) is 2.36. The largest absolute Gasteiger partial charge is 0.467 e. The van der Waals surface area contributed by atoms with Crippen molar-refractivity contribution in [2.24, 2.45) is 5.41 Å². The first-order valence-electron chi connectivity index (χ1n) is 5.85. The number of rotatable bonds is 4. The number of hydrogen-bond donors (Lipinski definition) is 1. The Bertz CT molecular complexity index is 439. The first-order chi connectivity index (χ1) is 8.48. The molecule has 1 aliphatic carbocycles. The van der Waals surface area contributed by atoms with Crippen LogP contribution in [0.1, 0.15) is 20.3 Å². The van der Waals surface area contributed by atoms with E-state index in [1.165, 1.54) is 13.3 Å². The first kappa shape index (κ1) is 13.4. The Morgan fingerprint density at radius 3 is 2.72 bits per heavy atom. The molecule has 1 aliphatic rings. The highest BCUT2D eigenvalue weighted by molar-refractivity contribution is 6.32. The zero-order valence-corrected chi connectivity index (χ0v) is 11.8. The van der Waals surface area contributed by atoms with Crippen LogP contribution >= 0.6 is 11.6 Å². The second-order valence-electron chi connectivity index (χ2n) is 5.03. The molecule has 0 aromatic carbocycles. The average Bonchev–Trinajstić information content (AvgIpc) is 2.35. The van der Waals surface area contributed by atoms with Crippen molar-refractivity contribution in [2.75, 3.05) is 19.5 Å². The van der Waals surface area contributed by atoms with Crippen LogP contribution in [0.15, 0.2) is 6.20 Å². The molecule has 6 heteroatoms. The van der Waals surface area contributed by atoms with E-state index < -0.39 is 0 Å². The van der Waals surface area contributed by atoms with E-state index in [4.69, 9.17) is 21.1 Å². The standard InChI is InChI=1S/C12H18ClN3O2/c1-12(2)8(5-9(12)17-3)15-10-7(13)6-14-11(16-10)18-4/h6,8-9H,5H2,1-4H3,(H,14,15,16). The van der Waals surface area contributed by atoms with Gasteiger partial charge in [0.05, 0.1) is 19.4 Å². The lowest BCUT2D eigenvalue weighted by molar-refractivity contribution is -0.0795. The molecule has 1 heterocycles. The van der Waals surface area contributed by atoms with Crippen LogP contribution in [0.3, 0.4) is 0 Å². The summed E-state index contributed by atoms with van der Waals surface area (Å²) in [6.45, 7) is 4.32. The van der Waals surface area contributed by atoms with E-state index in [0.29, 0.717) is 16.9 Å². The van der Waals surface area contributed by atoms with E-state index >= 15 is 0 Å². The SMILES string of the molecule is COc1ncc(Cl)c(NC2CC(OC)C2(C)C)n1. The number of ether oxygens (including phenoxy) is 2. The maximum Gasteiger partial charge on any atom is 0.318 e. The Kier molecular flexibility index (Phi) is 3.64. The molecule has 5 nitrogen and oxygen atoms in total. The number of methoxy groups -OCH3 is 2. The van der Waals surface area contributed by atoms with Crippen LogP contribution in [0.25, 0.3) is 0 Å². The van der Waals surface area contributed by atoms with Crippen molar-refractivity contribution in [3.05, 3.63) is 11.2 Å². The number of nitrogens with one attached hydrogen (secondary N) is 1. The van der Waals surface area contributed by atoms with Gasteiger partial charge in [-0.1, -0.05) is 25.4 Å². The number of nitrogens with zero attached hydrogens (tertiary/aromatic N) is 2. The summed E-state index contributed by atoms with van der Waals surface area (Å²) in [6.07, 6.45) is 2.74. The van der Waals surface area contributed by atoms with Crippen molar-refractivity contribution >= 4 is 17.4 Å².